The summed E-state index contributed by atoms with van der Waals surface area (Å²) in [5.74, 6) is 0.427. The second-order valence-electron chi connectivity index (χ2n) is 6.39. The maximum Gasteiger partial charge on any atom is 0.252 e. The number of aryl methyl sites for hydroxylation is 3. The highest BCUT2D eigenvalue weighted by molar-refractivity contribution is 6.32. The minimum absolute atomic E-state index is 0.179. The molecule has 0 aliphatic heterocycles. The molecule has 0 unspecified atom stereocenters. The van der Waals surface area contributed by atoms with Gasteiger partial charge in [0.25, 0.3) is 5.56 Å². The summed E-state index contributed by atoms with van der Waals surface area (Å²) in [7, 11) is 4.71. The number of hydrogen-bond acceptors (Lipinski definition) is 5. The molecular formula is C19H21ClN4O4. The number of rotatable bonds is 5. The van der Waals surface area contributed by atoms with Gasteiger partial charge >= 0.3 is 0 Å². The smallest absolute Gasteiger partial charge is 0.252 e. The number of amides is 1. The van der Waals surface area contributed by atoms with Gasteiger partial charge in [-0.25, -0.2) is 0 Å². The summed E-state index contributed by atoms with van der Waals surface area (Å²) >= 11 is 6.15. The van der Waals surface area contributed by atoms with E-state index in [1.807, 2.05) is 13.8 Å². The van der Waals surface area contributed by atoms with Gasteiger partial charge in [0.1, 0.15) is 23.7 Å². The molecule has 3 rings (SSSR count). The van der Waals surface area contributed by atoms with Crippen LogP contribution in [0.25, 0.3) is 11.0 Å². The Morgan fingerprint density at radius 2 is 1.86 bits per heavy atom. The predicted octanol–water partition coefficient (Wildman–Crippen LogP) is 2.66. The van der Waals surface area contributed by atoms with Crippen LogP contribution in [0, 0.1) is 13.8 Å². The number of carbonyl (C=O) groups is 1. The van der Waals surface area contributed by atoms with Crippen LogP contribution in [-0.4, -0.2) is 34.5 Å². The average Bonchev–Trinajstić information content (AvgIpc) is 2.93. The third kappa shape index (κ3) is 3.43. The van der Waals surface area contributed by atoms with E-state index < -0.39 is 5.91 Å². The number of pyridine rings is 1. The van der Waals surface area contributed by atoms with E-state index in [-0.39, 0.29) is 12.1 Å². The van der Waals surface area contributed by atoms with Crippen LogP contribution < -0.4 is 20.3 Å². The zero-order chi connectivity index (χ0) is 20.6. The molecule has 0 bridgehead atoms. The fourth-order valence-corrected chi connectivity index (χ4v) is 3.54. The van der Waals surface area contributed by atoms with Crippen molar-refractivity contribution in [2.75, 3.05) is 19.5 Å². The predicted molar refractivity (Wildman–Crippen MR) is 108 cm³/mol. The molecule has 0 aliphatic carbocycles. The zero-order valence-electron chi connectivity index (χ0n) is 16.3. The Bertz CT molecular complexity index is 1130. The van der Waals surface area contributed by atoms with Crippen LogP contribution in [0.1, 0.15) is 11.3 Å². The molecule has 1 N–H and O–H groups in total. The van der Waals surface area contributed by atoms with E-state index in [1.165, 1.54) is 24.9 Å². The van der Waals surface area contributed by atoms with E-state index in [4.69, 9.17) is 21.1 Å². The lowest BCUT2D eigenvalue weighted by atomic mass is 10.1. The Hall–Kier alpha value is -3.00. The molecule has 0 saturated heterocycles. The highest BCUT2D eigenvalue weighted by Gasteiger charge is 2.18. The van der Waals surface area contributed by atoms with Crippen molar-refractivity contribution in [3.63, 3.8) is 0 Å². The lowest BCUT2D eigenvalue weighted by Crippen LogP contribution is -2.29. The fraction of sp³-hybridized carbons (Fsp3) is 0.316. The van der Waals surface area contributed by atoms with E-state index in [9.17, 15) is 9.59 Å². The first-order chi connectivity index (χ1) is 13.3. The highest BCUT2D eigenvalue weighted by Crippen LogP contribution is 2.35. The number of fused-ring (bicyclic) bond motifs is 1. The number of carbonyl (C=O) groups excluding carboxylic acids is 1. The van der Waals surface area contributed by atoms with Gasteiger partial charge in [-0.05, 0) is 25.5 Å². The number of anilines is 1. The van der Waals surface area contributed by atoms with Crippen molar-refractivity contribution in [1.29, 1.82) is 0 Å². The number of benzene rings is 1. The van der Waals surface area contributed by atoms with Crippen molar-refractivity contribution in [2.45, 2.75) is 20.4 Å². The number of hydrogen-bond donors (Lipinski definition) is 1. The molecule has 1 aromatic carbocycles. The second kappa shape index (κ2) is 7.55. The van der Waals surface area contributed by atoms with Crippen molar-refractivity contribution >= 4 is 34.2 Å². The lowest BCUT2D eigenvalue weighted by molar-refractivity contribution is -0.116. The summed E-state index contributed by atoms with van der Waals surface area (Å²) in [5, 5.41) is 8.31. The molecule has 0 radical (unpaired) electrons. The van der Waals surface area contributed by atoms with Crippen molar-refractivity contribution in [3.05, 3.63) is 44.8 Å². The van der Waals surface area contributed by atoms with Crippen LogP contribution in [0.3, 0.4) is 0 Å². The fourth-order valence-electron chi connectivity index (χ4n) is 3.30. The van der Waals surface area contributed by atoms with E-state index in [0.29, 0.717) is 27.9 Å². The highest BCUT2D eigenvalue weighted by atomic mass is 35.5. The number of nitrogens with one attached hydrogen (secondary N) is 1. The largest absolute Gasteiger partial charge is 0.495 e. The number of methoxy groups -OCH3 is 2. The van der Waals surface area contributed by atoms with Crippen LogP contribution in [0.15, 0.2) is 23.0 Å². The van der Waals surface area contributed by atoms with Gasteiger partial charge in [0, 0.05) is 24.6 Å². The molecular weight excluding hydrogens is 384 g/mol. The maximum absolute atomic E-state index is 12.7. The van der Waals surface area contributed by atoms with Crippen LogP contribution in [0.4, 0.5) is 5.69 Å². The summed E-state index contributed by atoms with van der Waals surface area (Å²) in [6.07, 6.45) is 0. The van der Waals surface area contributed by atoms with Gasteiger partial charge in [-0.3, -0.25) is 18.8 Å². The van der Waals surface area contributed by atoms with Crippen molar-refractivity contribution in [3.8, 4) is 11.5 Å². The van der Waals surface area contributed by atoms with Crippen LogP contribution in [0.5, 0.6) is 11.5 Å². The van der Waals surface area contributed by atoms with Gasteiger partial charge in [0.15, 0.2) is 0 Å². The summed E-state index contributed by atoms with van der Waals surface area (Å²) in [4.78, 5) is 25.2. The standard InChI is InChI=1S/C19H21ClN4O4/c1-10-6-17(26)24(19-18(10)11(2)22-23(19)3)9-16(25)21-13-7-12(20)14(27-4)8-15(13)28-5/h6-8H,9H2,1-5H3,(H,21,25). The Labute approximate surface area is 166 Å². The number of ether oxygens (including phenoxy) is 2. The van der Waals surface area contributed by atoms with Gasteiger partial charge < -0.3 is 14.8 Å². The molecule has 2 heterocycles. The first-order valence-electron chi connectivity index (χ1n) is 8.52. The molecule has 2 aromatic heterocycles. The SMILES string of the molecule is COc1cc(OC)c(NC(=O)Cn2c(=O)cc(C)c3c(C)nn(C)c32)cc1Cl. The molecule has 28 heavy (non-hydrogen) atoms. The number of halogens is 1. The Kier molecular flexibility index (Phi) is 5.33. The van der Waals surface area contributed by atoms with Gasteiger partial charge in [0.2, 0.25) is 5.91 Å². The second-order valence-corrected chi connectivity index (χ2v) is 6.80. The molecule has 9 heteroatoms. The summed E-state index contributed by atoms with van der Waals surface area (Å²) in [6, 6.07) is 4.63. The van der Waals surface area contributed by atoms with E-state index in [1.54, 1.807) is 23.9 Å². The van der Waals surface area contributed by atoms with Crippen LogP contribution in [-0.2, 0) is 18.4 Å². The van der Waals surface area contributed by atoms with Crippen molar-refractivity contribution < 1.29 is 14.3 Å². The van der Waals surface area contributed by atoms with Crippen LogP contribution in [0.2, 0.25) is 5.02 Å². The molecule has 8 nitrogen and oxygen atoms in total. The molecule has 0 aliphatic rings. The van der Waals surface area contributed by atoms with E-state index in [0.717, 1.165) is 16.6 Å². The summed E-state index contributed by atoms with van der Waals surface area (Å²) < 4.78 is 13.5. The Balaban J connectivity index is 1.97. The van der Waals surface area contributed by atoms with Crippen molar-refractivity contribution in [2.24, 2.45) is 7.05 Å². The monoisotopic (exact) mass is 404 g/mol. The first-order valence-corrected chi connectivity index (χ1v) is 8.89. The molecule has 0 spiro atoms. The Morgan fingerprint density at radius 3 is 2.50 bits per heavy atom. The molecule has 0 fully saturated rings. The number of nitrogens with zero attached hydrogens (tertiary/aromatic N) is 3. The quantitative estimate of drug-likeness (QED) is 0.706. The maximum atomic E-state index is 12.7. The van der Waals surface area contributed by atoms with Crippen LogP contribution >= 0.6 is 11.6 Å². The average molecular weight is 405 g/mol. The van der Waals surface area contributed by atoms with Gasteiger partial charge in [-0.1, -0.05) is 11.6 Å². The van der Waals surface area contributed by atoms with E-state index in [2.05, 4.69) is 10.4 Å². The molecule has 0 atom stereocenters. The Morgan fingerprint density at radius 1 is 1.18 bits per heavy atom. The molecule has 0 saturated carbocycles. The minimum atomic E-state index is -0.398. The lowest BCUT2D eigenvalue weighted by Gasteiger charge is -2.14. The van der Waals surface area contributed by atoms with Gasteiger partial charge in [-0.2, -0.15) is 5.10 Å². The molecule has 1 amide bonds. The minimum Gasteiger partial charge on any atom is -0.495 e. The topological polar surface area (TPSA) is 87.4 Å². The zero-order valence-corrected chi connectivity index (χ0v) is 17.0. The normalized spacial score (nSPS) is 10.9. The van der Waals surface area contributed by atoms with Gasteiger partial charge in [-0.15, -0.1) is 0 Å². The third-order valence-electron chi connectivity index (χ3n) is 4.50. The van der Waals surface area contributed by atoms with E-state index >= 15 is 0 Å². The number of aromatic nitrogens is 3. The summed E-state index contributed by atoms with van der Waals surface area (Å²) in [5.41, 5.74) is 2.33. The summed E-state index contributed by atoms with van der Waals surface area (Å²) in [6.45, 7) is 3.54. The van der Waals surface area contributed by atoms with Gasteiger partial charge in [0.05, 0.1) is 30.6 Å². The third-order valence-corrected chi connectivity index (χ3v) is 4.79. The molecule has 148 valence electrons. The van der Waals surface area contributed by atoms with Crippen molar-refractivity contribution in [1.82, 2.24) is 14.3 Å². The first kappa shape index (κ1) is 19.8. The molecule has 3 aromatic rings.